The van der Waals surface area contributed by atoms with Gasteiger partial charge in [-0.05, 0) is 46.5 Å². The summed E-state index contributed by atoms with van der Waals surface area (Å²) in [6, 6.07) is 17.5. The molecule has 0 aliphatic heterocycles. The van der Waals surface area contributed by atoms with Crippen LogP contribution in [0.5, 0.6) is 0 Å². The fourth-order valence-electron chi connectivity index (χ4n) is 3.18. The number of pyridine rings is 1. The summed E-state index contributed by atoms with van der Waals surface area (Å²) in [4.78, 5) is 7.42. The first-order chi connectivity index (χ1) is 13.5. The molecule has 0 aliphatic rings. The van der Waals surface area contributed by atoms with E-state index in [0.29, 0.717) is 13.1 Å². The van der Waals surface area contributed by atoms with E-state index in [1.807, 2.05) is 30.5 Å². The summed E-state index contributed by atoms with van der Waals surface area (Å²) in [6.07, 6.45) is -0.636. The van der Waals surface area contributed by atoms with Crippen molar-refractivity contribution in [2.45, 2.75) is 19.3 Å². The first-order valence-corrected chi connectivity index (χ1v) is 8.89. The first kappa shape index (κ1) is 18.3. The van der Waals surface area contributed by atoms with Gasteiger partial charge in [-0.2, -0.15) is 13.2 Å². The normalized spacial score (nSPS) is 11.8. The molecule has 0 aliphatic carbocycles. The number of H-pyrrole nitrogens is 1. The largest absolute Gasteiger partial charge is 0.416 e. The summed E-state index contributed by atoms with van der Waals surface area (Å²) < 4.78 is 37.8. The van der Waals surface area contributed by atoms with Crippen molar-refractivity contribution in [3.63, 3.8) is 0 Å². The Labute approximate surface area is 160 Å². The molecule has 0 unspecified atom stereocenters. The monoisotopic (exact) mass is 381 g/mol. The molecule has 142 valence electrons. The average molecular weight is 381 g/mol. The zero-order valence-corrected chi connectivity index (χ0v) is 14.9. The number of aromatic nitrogens is 2. The van der Waals surface area contributed by atoms with E-state index >= 15 is 0 Å². The lowest BCUT2D eigenvalue weighted by molar-refractivity contribution is -0.137. The van der Waals surface area contributed by atoms with Crippen molar-refractivity contribution in [1.29, 1.82) is 0 Å². The number of alkyl halides is 3. The molecule has 3 nitrogen and oxygen atoms in total. The molecule has 0 fully saturated rings. The lowest BCUT2D eigenvalue weighted by atomic mass is 10.0. The number of benzene rings is 2. The molecule has 2 aromatic heterocycles. The number of aromatic amines is 1. The van der Waals surface area contributed by atoms with Crippen LogP contribution in [0, 0.1) is 0 Å². The van der Waals surface area contributed by atoms with E-state index in [2.05, 4.69) is 27.4 Å². The SMILES string of the molecule is FC(F)(F)c1ccc(CNCc2ccc(-c3ccnc4[nH]ccc34)cc2)cc1. The highest BCUT2D eigenvalue weighted by Crippen LogP contribution is 2.29. The van der Waals surface area contributed by atoms with Crippen molar-refractivity contribution < 1.29 is 13.2 Å². The van der Waals surface area contributed by atoms with Gasteiger partial charge in [0.25, 0.3) is 0 Å². The van der Waals surface area contributed by atoms with Crippen LogP contribution in [0.4, 0.5) is 13.2 Å². The van der Waals surface area contributed by atoms with E-state index in [4.69, 9.17) is 0 Å². The van der Waals surface area contributed by atoms with Gasteiger partial charge in [0.2, 0.25) is 0 Å². The average Bonchev–Trinajstić information content (AvgIpc) is 3.17. The predicted octanol–water partition coefficient (Wildman–Crippen LogP) is 5.54. The third kappa shape index (κ3) is 3.92. The van der Waals surface area contributed by atoms with E-state index in [9.17, 15) is 13.2 Å². The van der Waals surface area contributed by atoms with Gasteiger partial charge in [0.15, 0.2) is 0 Å². The second-order valence-electron chi connectivity index (χ2n) is 6.59. The molecule has 6 heteroatoms. The highest BCUT2D eigenvalue weighted by molar-refractivity contribution is 5.92. The molecule has 2 aromatic carbocycles. The van der Waals surface area contributed by atoms with Crippen LogP contribution in [-0.2, 0) is 19.3 Å². The fourth-order valence-corrected chi connectivity index (χ4v) is 3.18. The van der Waals surface area contributed by atoms with Gasteiger partial charge in [-0.15, -0.1) is 0 Å². The molecule has 0 radical (unpaired) electrons. The number of hydrogen-bond acceptors (Lipinski definition) is 2. The Bertz CT molecular complexity index is 1060. The number of nitrogens with one attached hydrogen (secondary N) is 2. The first-order valence-electron chi connectivity index (χ1n) is 8.89. The molecule has 2 heterocycles. The van der Waals surface area contributed by atoms with Crippen LogP contribution < -0.4 is 5.32 Å². The summed E-state index contributed by atoms with van der Waals surface area (Å²) in [5.74, 6) is 0. The summed E-state index contributed by atoms with van der Waals surface area (Å²) in [7, 11) is 0. The van der Waals surface area contributed by atoms with Crippen molar-refractivity contribution in [3.05, 3.63) is 89.7 Å². The second-order valence-corrected chi connectivity index (χ2v) is 6.59. The highest BCUT2D eigenvalue weighted by atomic mass is 19.4. The van der Waals surface area contributed by atoms with Gasteiger partial charge < -0.3 is 10.3 Å². The summed E-state index contributed by atoms with van der Waals surface area (Å²) in [5.41, 5.74) is 4.39. The van der Waals surface area contributed by atoms with Crippen molar-refractivity contribution in [2.24, 2.45) is 0 Å². The van der Waals surface area contributed by atoms with Gasteiger partial charge >= 0.3 is 6.18 Å². The molecule has 0 amide bonds. The van der Waals surface area contributed by atoms with Crippen molar-refractivity contribution in [2.75, 3.05) is 0 Å². The van der Waals surface area contributed by atoms with E-state index in [0.717, 1.165) is 45.4 Å². The molecule has 0 saturated carbocycles. The van der Waals surface area contributed by atoms with Crippen LogP contribution >= 0.6 is 0 Å². The lowest BCUT2D eigenvalue weighted by Gasteiger charge is -2.09. The molecule has 0 bridgehead atoms. The number of halogens is 3. The molecular formula is C22H18F3N3. The van der Waals surface area contributed by atoms with Gasteiger partial charge in [0, 0.05) is 30.9 Å². The van der Waals surface area contributed by atoms with Crippen LogP contribution in [0.1, 0.15) is 16.7 Å². The highest BCUT2D eigenvalue weighted by Gasteiger charge is 2.29. The van der Waals surface area contributed by atoms with Gasteiger partial charge in [0.1, 0.15) is 5.65 Å². The zero-order valence-electron chi connectivity index (χ0n) is 14.9. The Balaban J connectivity index is 1.38. The zero-order chi connectivity index (χ0) is 19.6. The molecule has 0 spiro atoms. The van der Waals surface area contributed by atoms with E-state index in [-0.39, 0.29) is 0 Å². The van der Waals surface area contributed by atoms with Crippen LogP contribution in [0.15, 0.2) is 73.1 Å². The third-order valence-electron chi connectivity index (χ3n) is 4.66. The molecule has 4 rings (SSSR count). The van der Waals surface area contributed by atoms with E-state index in [1.165, 1.54) is 12.1 Å². The minimum Gasteiger partial charge on any atom is -0.346 e. The predicted molar refractivity (Wildman–Crippen MR) is 104 cm³/mol. The number of nitrogens with zero attached hydrogens (tertiary/aromatic N) is 1. The number of fused-ring (bicyclic) bond motifs is 1. The second kappa shape index (κ2) is 7.48. The van der Waals surface area contributed by atoms with Crippen molar-refractivity contribution in [1.82, 2.24) is 15.3 Å². The third-order valence-corrected chi connectivity index (χ3v) is 4.66. The maximum Gasteiger partial charge on any atom is 0.416 e. The molecule has 0 atom stereocenters. The summed E-state index contributed by atoms with van der Waals surface area (Å²) in [5, 5.41) is 4.34. The summed E-state index contributed by atoms with van der Waals surface area (Å²) >= 11 is 0. The van der Waals surface area contributed by atoms with E-state index in [1.54, 1.807) is 6.20 Å². The van der Waals surface area contributed by atoms with Crippen LogP contribution in [-0.4, -0.2) is 9.97 Å². The smallest absolute Gasteiger partial charge is 0.346 e. The minimum atomic E-state index is -4.30. The van der Waals surface area contributed by atoms with Gasteiger partial charge in [-0.1, -0.05) is 36.4 Å². The quantitative estimate of drug-likeness (QED) is 0.477. The molecular weight excluding hydrogens is 363 g/mol. The molecule has 0 saturated heterocycles. The molecule has 2 N–H and O–H groups in total. The Morgan fingerprint density at radius 3 is 2.11 bits per heavy atom. The van der Waals surface area contributed by atoms with Crippen LogP contribution in [0.25, 0.3) is 22.2 Å². The Morgan fingerprint density at radius 2 is 1.46 bits per heavy atom. The Kier molecular flexibility index (Phi) is 4.88. The maximum atomic E-state index is 12.6. The van der Waals surface area contributed by atoms with E-state index < -0.39 is 11.7 Å². The van der Waals surface area contributed by atoms with Gasteiger partial charge in [-0.3, -0.25) is 0 Å². The van der Waals surface area contributed by atoms with Crippen molar-refractivity contribution in [3.8, 4) is 11.1 Å². The standard InChI is InChI=1S/C22H18F3N3/c23-22(24,25)18-7-3-16(4-8-18)14-26-13-15-1-5-17(6-2-15)19-9-11-27-21-20(19)10-12-28-21/h1-12,26H,13-14H2,(H,27,28). The number of rotatable bonds is 5. The molecule has 4 aromatic rings. The Hall–Kier alpha value is -3.12. The maximum absolute atomic E-state index is 12.6. The van der Waals surface area contributed by atoms with Gasteiger partial charge in [0.05, 0.1) is 5.56 Å². The van der Waals surface area contributed by atoms with Crippen molar-refractivity contribution >= 4 is 11.0 Å². The van der Waals surface area contributed by atoms with Crippen LogP contribution in [0.3, 0.4) is 0 Å². The molecule has 28 heavy (non-hydrogen) atoms. The number of hydrogen-bond donors (Lipinski definition) is 2. The minimum absolute atomic E-state index is 0.508. The topological polar surface area (TPSA) is 40.7 Å². The van der Waals surface area contributed by atoms with Crippen LogP contribution in [0.2, 0.25) is 0 Å². The lowest BCUT2D eigenvalue weighted by Crippen LogP contribution is -2.13. The van der Waals surface area contributed by atoms with Gasteiger partial charge in [-0.25, -0.2) is 4.98 Å². The fraction of sp³-hybridized carbons (Fsp3) is 0.136. The summed E-state index contributed by atoms with van der Waals surface area (Å²) in [6.45, 7) is 1.14. The Morgan fingerprint density at radius 1 is 0.821 bits per heavy atom.